The van der Waals surface area contributed by atoms with E-state index in [4.69, 9.17) is 5.11 Å². The molecule has 4 nitrogen and oxygen atoms in total. The van der Waals surface area contributed by atoms with Crippen molar-refractivity contribution in [3.63, 3.8) is 0 Å². The number of carboxylic acids is 1. The zero-order valence-electron chi connectivity index (χ0n) is 10.1. The Labute approximate surface area is 118 Å². The molecule has 0 aliphatic rings. The Kier molecular flexibility index (Phi) is 3.35. The van der Waals surface area contributed by atoms with E-state index >= 15 is 0 Å². The highest BCUT2D eigenvalue weighted by atomic mass is 32.1. The number of carboxylic acid groups (broad SMARTS) is 1. The molecule has 98 valence electrons. The summed E-state index contributed by atoms with van der Waals surface area (Å²) in [5.41, 5.74) is 2.12. The van der Waals surface area contributed by atoms with Crippen LogP contribution in [0.3, 0.4) is 0 Å². The second-order valence-corrected chi connectivity index (χ2v) is 6.01. The van der Waals surface area contributed by atoms with Gasteiger partial charge in [-0.25, -0.2) is 4.98 Å². The maximum Gasteiger partial charge on any atom is 0.303 e. The lowest BCUT2D eigenvalue weighted by molar-refractivity contribution is -0.137. The Hall–Kier alpha value is -1.66. The van der Waals surface area contributed by atoms with Crippen molar-refractivity contribution in [3.05, 3.63) is 34.8 Å². The van der Waals surface area contributed by atoms with Crippen LogP contribution >= 0.6 is 22.7 Å². The van der Waals surface area contributed by atoms with Crippen LogP contribution in [0.2, 0.25) is 0 Å². The molecule has 3 heterocycles. The summed E-state index contributed by atoms with van der Waals surface area (Å²) in [5.74, 6) is -0.739. The molecule has 0 aliphatic heterocycles. The van der Waals surface area contributed by atoms with Crippen molar-refractivity contribution in [2.75, 3.05) is 0 Å². The van der Waals surface area contributed by atoms with Crippen LogP contribution in [0.5, 0.6) is 0 Å². The summed E-state index contributed by atoms with van der Waals surface area (Å²) in [4.78, 5) is 17.3. The molecule has 0 unspecified atom stereocenters. The molecule has 0 atom stereocenters. The third-order valence-corrected chi connectivity index (χ3v) is 4.66. The number of nitrogens with zero attached hydrogens (tertiary/aromatic N) is 2. The smallest absolute Gasteiger partial charge is 0.303 e. The minimum absolute atomic E-state index is 0.212. The number of thiazole rings is 1. The lowest BCUT2D eigenvalue weighted by Gasteiger charge is -1.97. The molecule has 3 aromatic rings. The summed E-state index contributed by atoms with van der Waals surface area (Å²) >= 11 is 3.27. The number of aliphatic carboxylic acids is 1. The van der Waals surface area contributed by atoms with Gasteiger partial charge in [0, 0.05) is 23.7 Å². The zero-order chi connectivity index (χ0) is 13.2. The summed E-state index contributed by atoms with van der Waals surface area (Å²) in [7, 11) is 0. The Bertz CT molecular complexity index is 697. The average Bonchev–Trinajstić information content (AvgIpc) is 3.03. The predicted molar refractivity (Wildman–Crippen MR) is 77.0 cm³/mol. The van der Waals surface area contributed by atoms with Crippen LogP contribution in [0.1, 0.15) is 18.5 Å². The van der Waals surface area contributed by atoms with Gasteiger partial charge in [-0.3, -0.25) is 9.20 Å². The number of fused-ring (bicyclic) bond motifs is 1. The van der Waals surface area contributed by atoms with Crippen molar-refractivity contribution >= 4 is 33.6 Å². The first-order valence-electron chi connectivity index (χ1n) is 5.95. The lowest BCUT2D eigenvalue weighted by Crippen LogP contribution is -1.97. The van der Waals surface area contributed by atoms with Gasteiger partial charge in [0.05, 0.1) is 4.88 Å². The fourth-order valence-electron chi connectivity index (χ4n) is 1.97. The second kappa shape index (κ2) is 5.14. The van der Waals surface area contributed by atoms with E-state index in [9.17, 15) is 4.79 Å². The summed E-state index contributed by atoms with van der Waals surface area (Å²) in [6.07, 6.45) is 3.68. The van der Waals surface area contributed by atoms with Gasteiger partial charge in [0.25, 0.3) is 0 Å². The number of aryl methyl sites for hydroxylation is 1. The molecular formula is C13H12N2O2S2. The summed E-state index contributed by atoms with van der Waals surface area (Å²) in [6, 6.07) is 4.07. The molecule has 0 saturated carbocycles. The van der Waals surface area contributed by atoms with Gasteiger partial charge >= 0.3 is 5.97 Å². The quantitative estimate of drug-likeness (QED) is 0.782. The van der Waals surface area contributed by atoms with Crippen LogP contribution in [0.25, 0.3) is 15.5 Å². The first kappa shape index (κ1) is 12.4. The second-order valence-electron chi connectivity index (χ2n) is 4.23. The number of rotatable bonds is 5. The molecule has 1 N–H and O–H groups in total. The molecule has 0 radical (unpaired) electrons. The molecule has 0 bridgehead atoms. The Balaban J connectivity index is 1.84. The summed E-state index contributed by atoms with van der Waals surface area (Å²) < 4.78 is 2.07. The van der Waals surface area contributed by atoms with Gasteiger partial charge in [-0.05, 0) is 24.3 Å². The van der Waals surface area contributed by atoms with Crippen LogP contribution in [0, 0.1) is 0 Å². The number of imidazole rings is 1. The van der Waals surface area contributed by atoms with Crippen molar-refractivity contribution in [2.45, 2.75) is 19.3 Å². The highest BCUT2D eigenvalue weighted by Gasteiger charge is 2.10. The third kappa shape index (κ3) is 2.54. The minimum Gasteiger partial charge on any atom is -0.481 e. The van der Waals surface area contributed by atoms with E-state index in [1.54, 1.807) is 22.7 Å². The fraction of sp³-hybridized carbons (Fsp3) is 0.231. The maximum absolute atomic E-state index is 10.5. The lowest BCUT2D eigenvalue weighted by atomic mass is 10.2. The van der Waals surface area contributed by atoms with Gasteiger partial charge < -0.3 is 5.11 Å². The van der Waals surface area contributed by atoms with Crippen molar-refractivity contribution in [1.29, 1.82) is 0 Å². The average molecular weight is 292 g/mol. The Morgan fingerprint density at radius 2 is 2.32 bits per heavy atom. The number of aromatic nitrogens is 2. The van der Waals surface area contributed by atoms with Crippen LogP contribution in [-0.4, -0.2) is 20.5 Å². The topological polar surface area (TPSA) is 54.6 Å². The van der Waals surface area contributed by atoms with E-state index in [-0.39, 0.29) is 6.42 Å². The van der Waals surface area contributed by atoms with Gasteiger partial charge in [-0.2, -0.15) is 0 Å². The van der Waals surface area contributed by atoms with Crippen LogP contribution in [0.15, 0.2) is 29.1 Å². The van der Waals surface area contributed by atoms with Gasteiger partial charge in [0.1, 0.15) is 5.69 Å². The number of carbonyl (C=O) groups is 1. The van der Waals surface area contributed by atoms with E-state index in [1.165, 1.54) is 0 Å². The summed E-state index contributed by atoms with van der Waals surface area (Å²) in [6.45, 7) is 0. The molecular weight excluding hydrogens is 280 g/mol. The van der Waals surface area contributed by atoms with Gasteiger partial charge in [-0.15, -0.1) is 22.7 Å². The standard InChI is InChI=1S/C13H12N2O2S2/c16-12(17)5-1-3-9-8-19-13-14-10(7-15(9)13)11-4-2-6-18-11/h2,4,6-8H,1,3,5H2,(H,16,17). The van der Waals surface area contributed by atoms with Crippen LogP contribution in [0.4, 0.5) is 0 Å². The van der Waals surface area contributed by atoms with Crippen LogP contribution in [-0.2, 0) is 11.2 Å². The van der Waals surface area contributed by atoms with Crippen molar-refractivity contribution in [1.82, 2.24) is 9.38 Å². The normalized spacial score (nSPS) is 11.2. The molecule has 0 fully saturated rings. The SMILES string of the molecule is O=C(O)CCCc1csc2nc(-c3cccs3)cn12. The van der Waals surface area contributed by atoms with E-state index < -0.39 is 5.97 Å². The number of hydrogen-bond acceptors (Lipinski definition) is 4. The maximum atomic E-state index is 10.5. The van der Waals surface area contributed by atoms with E-state index in [0.29, 0.717) is 6.42 Å². The monoisotopic (exact) mass is 292 g/mol. The van der Waals surface area contributed by atoms with E-state index in [1.807, 2.05) is 17.6 Å². The minimum atomic E-state index is -0.739. The zero-order valence-corrected chi connectivity index (χ0v) is 11.7. The first-order valence-corrected chi connectivity index (χ1v) is 7.71. The highest BCUT2D eigenvalue weighted by molar-refractivity contribution is 7.15. The van der Waals surface area contributed by atoms with Gasteiger partial charge in [0.15, 0.2) is 4.96 Å². The molecule has 0 aromatic carbocycles. The van der Waals surface area contributed by atoms with Gasteiger partial charge in [-0.1, -0.05) is 6.07 Å². The molecule has 3 rings (SSSR count). The highest BCUT2D eigenvalue weighted by Crippen LogP contribution is 2.27. The summed E-state index contributed by atoms with van der Waals surface area (Å²) in [5, 5.41) is 12.8. The molecule has 3 aromatic heterocycles. The molecule has 0 spiro atoms. The molecule has 6 heteroatoms. The Morgan fingerprint density at radius 1 is 1.42 bits per heavy atom. The van der Waals surface area contributed by atoms with E-state index in [0.717, 1.165) is 27.6 Å². The molecule has 0 saturated heterocycles. The van der Waals surface area contributed by atoms with E-state index in [2.05, 4.69) is 20.8 Å². The number of hydrogen-bond donors (Lipinski definition) is 1. The third-order valence-electron chi connectivity index (χ3n) is 2.88. The van der Waals surface area contributed by atoms with Crippen LogP contribution < -0.4 is 0 Å². The largest absolute Gasteiger partial charge is 0.481 e. The van der Waals surface area contributed by atoms with Crippen molar-refractivity contribution < 1.29 is 9.90 Å². The molecule has 19 heavy (non-hydrogen) atoms. The first-order chi connectivity index (χ1) is 9.24. The molecule has 0 aliphatic carbocycles. The van der Waals surface area contributed by atoms with Crippen molar-refractivity contribution in [2.24, 2.45) is 0 Å². The van der Waals surface area contributed by atoms with Gasteiger partial charge in [0.2, 0.25) is 0 Å². The Morgan fingerprint density at radius 3 is 3.05 bits per heavy atom. The van der Waals surface area contributed by atoms with Crippen molar-refractivity contribution in [3.8, 4) is 10.6 Å². The molecule has 0 amide bonds. The number of thiophene rings is 1. The predicted octanol–water partition coefficient (Wildman–Crippen LogP) is 3.53. The fourth-order valence-corrected chi connectivity index (χ4v) is 3.56.